The Bertz CT molecular complexity index is 1130. The second-order valence-corrected chi connectivity index (χ2v) is 8.70. The van der Waals surface area contributed by atoms with Gasteiger partial charge < -0.3 is 5.32 Å². The highest BCUT2D eigenvalue weighted by Crippen LogP contribution is 2.29. The molecule has 2 heterocycles. The Balaban J connectivity index is 1.48. The Morgan fingerprint density at radius 3 is 2.26 bits per heavy atom. The van der Waals surface area contributed by atoms with Crippen molar-refractivity contribution >= 4 is 15.8 Å². The Morgan fingerprint density at radius 1 is 1.00 bits per heavy atom. The minimum atomic E-state index is -4.46. The van der Waals surface area contributed by atoms with Gasteiger partial charge in [0.15, 0.2) is 5.82 Å². The maximum atomic E-state index is 12.6. The normalized spacial score (nSPS) is 12.2. The largest absolute Gasteiger partial charge is 0.416 e. The molecule has 1 aromatic carbocycles. The maximum Gasteiger partial charge on any atom is 0.416 e. The van der Waals surface area contributed by atoms with Crippen LogP contribution in [0.1, 0.15) is 22.5 Å². The number of nitrogens with zero attached hydrogens (tertiary/aromatic N) is 4. The highest BCUT2D eigenvalue weighted by Gasteiger charge is 2.30. The molecule has 0 atom stereocenters. The number of nitrogens with one attached hydrogen (secondary N) is 2. The van der Waals surface area contributed by atoms with Crippen molar-refractivity contribution in [1.29, 1.82) is 0 Å². The average Bonchev–Trinajstić information content (AvgIpc) is 3.03. The van der Waals surface area contributed by atoms with Gasteiger partial charge >= 0.3 is 6.18 Å². The molecule has 3 aromatic rings. The summed E-state index contributed by atoms with van der Waals surface area (Å²) in [4.78, 5) is 0. The first-order valence-corrected chi connectivity index (χ1v) is 10.9. The van der Waals surface area contributed by atoms with Crippen LogP contribution in [0.2, 0.25) is 0 Å². The molecule has 0 saturated carbocycles. The van der Waals surface area contributed by atoms with Gasteiger partial charge in [0.05, 0.1) is 17.0 Å². The number of hydrogen-bond donors (Lipinski definition) is 2. The van der Waals surface area contributed by atoms with E-state index in [9.17, 15) is 21.6 Å². The van der Waals surface area contributed by atoms with Crippen LogP contribution in [-0.4, -0.2) is 41.5 Å². The molecule has 0 bridgehead atoms. The molecule has 166 valence electrons. The van der Waals surface area contributed by atoms with Gasteiger partial charge in [0.25, 0.3) is 0 Å². The summed E-state index contributed by atoms with van der Waals surface area (Å²) in [7, 11) is -3.70. The van der Waals surface area contributed by atoms with Gasteiger partial charge in [0, 0.05) is 18.8 Å². The lowest BCUT2D eigenvalue weighted by Crippen LogP contribution is -2.30. The van der Waals surface area contributed by atoms with Crippen LogP contribution in [0.4, 0.5) is 19.0 Å². The summed E-state index contributed by atoms with van der Waals surface area (Å²) in [6, 6.07) is 9.39. The zero-order valence-corrected chi connectivity index (χ0v) is 17.6. The summed E-state index contributed by atoms with van der Waals surface area (Å²) in [6.07, 6.45) is -4.46. The summed E-state index contributed by atoms with van der Waals surface area (Å²) in [6.45, 7) is 4.11. The summed E-state index contributed by atoms with van der Waals surface area (Å²) in [5.74, 6) is 0.614. The molecule has 0 aliphatic carbocycles. The minimum Gasteiger partial charge on any atom is -0.367 e. The topological polar surface area (TPSA) is 102 Å². The third kappa shape index (κ3) is 6.25. The smallest absolute Gasteiger partial charge is 0.367 e. The van der Waals surface area contributed by atoms with Crippen molar-refractivity contribution in [3.8, 4) is 5.82 Å². The molecule has 3 rings (SSSR count). The zero-order valence-electron chi connectivity index (χ0n) is 16.8. The quantitative estimate of drug-likeness (QED) is 0.508. The first-order chi connectivity index (χ1) is 14.5. The number of benzene rings is 1. The summed E-state index contributed by atoms with van der Waals surface area (Å²) in [5, 5.41) is 15.4. The standard InChI is InChI=1S/C19H21F3N6O2S/c1-13-11-14(2)28(27-13)18-8-7-17(25-26-18)23-9-10-24-31(29,30)12-15-3-5-16(6-4-15)19(20,21)22/h3-8,11,24H,9-10,12H2,1-2H3,(H,23,25). The first-order valence-electron chi connectivity index (χ1n) is 9.28. The van der Waals surface area contributed by atoms with E-state index in [4.69, 9.17) is 0 Å². The van der Waals surface area contributed by atoms with Crippen LogP contribution in [0.25, 0.3) is 5.82 Å². The number of anilines is 1. The number of aryl methyl sites for hydroxylation is 2. The molecule has 0 spiro atoms. The number of halogens is 3. The molecule has 0 aliphatic heterocycles. The van der Waals surface area contributed by atoms with Gasteiger partial charge in [0.1, 0.15) is 5.82 Å². The second-order valence-electron chi connectivity index (χ2n) is 6.89. The maximum absolute atomic E-state index is 12.6. The van der Waals surface area contributed by atoms with Crippen LogP contribution in [0.5, 0.6) is 0 Å². The Kier molecular flexibility index (Phi) is 6.60. The number of sulfonamides is 1. The molecule has 0 aliphatic rings. The third-order valence-corrected chi connectivity index (χ3v) is 5.63. The van der Waals surface area contributed by atoms with Crippen molar-refractivity contribution in [3.63, 3.8) is 0 Å². The highest BCUT2D eigenvalue weighted by atomic mass is 32.2. The van der Waals surface area contributed by atoms with Gasteiger partial charge in [-0.1, -0.05) is 12.1 Å². The van der Waals surface area contributed by atoms with Crippen molar-refractivity contribution in [1.82, 2.24) is 24.7 Å². The van der Waals surface area contributed by atoms with Crippen molar-refractivity contribution in [3.05, 3.63) is 65.0 Å². The fraction of sp³-hybridized carbons (Fsp3) is 0.316. The van der Waals surface area contributed by atoms with E-state index in [0.717, 1.165) is 35.7 Å². The van der Waals surface area contributed by atoms with Gasteiger partial charge in [-0.25, -0.2) is 17.8 Å². The number of rotatable bonds is 8. The zero-order chi connectivity index (χ0) is 22.6. The molecule has 0 saturated heterocycles. The SMILES string of the molecule is Cc1cc(C)n(-c2ccc(NCCNS(=O)(=O)Cc3ccc(C(F)(F)F)cc3)nn2)n1. The molecule has 0 radical (unpaired) electrons. The predicted octanol–water partition coefficient (Wildman–Crippen LogP) is 2.83. The molecule has 8 nitrogen and oxygen atoms in total. The van der Waals surface area contributed by atoms with E-state index in [1.807, 2.05) is 19.9 Å². The van der Waals surface area contributed by atoms with Crippen LogP contribution < -0.4 is 10.0 Å². The van der Waals surface area contributed by atoms with E-state index in [0.29, 0.717) is 11.6 Å². The lowest BCUT2D eigenvalue weighted by Gasteiger charge is -2.10. The van der Waals surface area contributed by atoms with Crippen molar-refractivity contribution in [2.45, 2.75) is 25.8 Å². The molecule has 31 heavy (non-hydrogen) atoms. The lowest BCUT2D eigenvalue weighted by atomic mass is 10.1. The Labute approximate surface area is 177 Å². The van der Waals surface area contributed by atoms with Crippen LogP contribution in [0.3, 0.4) is 0 Å². The van der Waals surface area contributed by atoms with Crippen LogP contribution in [0.15, 0.2) is 42.5 Å². The number of aromatic nitrogens is 4. The number of alkyl halides is 3. The highest BCUT2D eigenvalue weighted by molar-refractivity contribution is 7.88. The van der Waals surface area contributed by atoms with E-state index in [-0.39, 0.29) is 18.7 Å². The van der Waals surface area contributed by atoms with Crippen LogP contribution >= 0.6 is 0 Å². The van der Waals surface area contributed by atoms with Gasteiger partial charge in [-0.05, 0) is 49.7 Å². The minimum absolute atomic E-state index is 0.0733. The van der Waals surface area contributed by atoms with E-state index in [1.54, 1.807) is 16.8 Å². The molecule has 12 heteroatoms. The van der Waals surface area contributed by atoms with Crippen molar-refractivity contribution in [2.75, 3.05) is 18.4 Å². The second kappa shape index (κ2) is 9.02. The Hall–Kier alpha value is -2.99. The van der Waals surface area contributed by atoms with Gasteiger partial charge in [-0.3, -0.25) is 0 Å². The molecular weight excluding hydrogens is 433 g/mol. The molecule has 0 amide bonds. The monoisotopic (exact) mass is 454 g/mol. The van der Waals surface area contributed by atoms with Gasteiger partial charge in [-0.2, -0.15) is 18.3 Å². The predicted molar refractivity (Wildman–Crippen MR) is 109 cm³/mol. The van der Waals surface area contributed by atoms with E-state index in [1.165, 1.54) is 0 Å². The van der Waals surface area contributed by atoms with Crippen LogP contribution in [-0.2, 0) is 22.0 Å². The summed E-state index contributed by atoms with van der Waals surface area (Å²) >= 11 is 0. The fourth-order valence-electron chi connectivity index (χ4n) is 2.85. The van der Waals surface area contributed by atoms with E-state index >= 15 is 0 Å². The Morgan fingerprint density at radius 2 is 1.71 bits per heavy atom. The van der Waals surface area contributed by atoms with Crippen LogP contribution in [0, 0.1) is 13.8 Å². The number of hydrogen-bond acceptors (Lipinski definition) is 6. The molecule has 2 N–H and O–H groups in total. The van der Waals surface area contributed by atoms with Crippen molar-refractivity contribution in [2.24, 2.45) is 0 Å². The summed E-state index contributed by atoms with van der Waals surface area (Å²) in [5.41, 5.74) is 1.23. The first kappa shape index (κ1) is 22.7. The lowest BCUT2D eigenvalue weighted by molar-refractivity contribution is -0.137. The molecule has 0 fully saturated rings. The third-order valence-electron chi connectivity index (χ3n) is 4.27. The van der Waals surface area contributed by atoms with Gasteiger partial charge in [-0.15, -0.1) is 10.2 Å². The summed E-state index contributed by atoms with van der Waals surface area (Å²) < 4.78 is 66.1. The fourth-order valence-corrected chi connectivity index (χ4v) is 4.00. The molecular formula is C19H21F3N6O2S. The van der Waals surface area contributed by atoms with Crippen molar-refractivity contribution < 1.29 is 21.6 Å². The van der Waals surface area contributed by atoms with E-state index in [2.05, 4.69) is 25.3 Å². The molecule has 2 aromatic heterocycles. The van der Waals surface area contributed by atoms with E-state index < -0.39 is 27.5 Å². The molecule has 0 unspecified atom stereocenters. The average molecular weight is 454 g/mol. The van der Waals surface area contributed by atoms with Gasteiger partial charge in [0.2, 0.25) is 10.0 Å².